The number of hydrogen-bond acceptors (Lipinski definition) is 3. The first-order valence-electron chi connectivity index (χ1n) is 2.42. The van der Waals surface area contributed by atoms with E-state index in [9.17, 15) is 4.79 Å². The minimum atomic E-state index is 0.358. The molecule has 0 fully saturated rings. The Bertz CT molecular complexity index is 299. The summed E-state index contributed by atoms with van der Waals surface area (Å²) in [6.07, 6.45) is 0.647. The van der Waals surface area contributed by atoms with Crippen LogP contribution in [0.1, 0.15) is 14.5 Å². The molecule has 0 atom stereocenters. The molecule has 1 aromatic heterocycles. The summed E-state index contributed by atoms with van der Waals surface area (Å²) >= 11 is 6.65. The normalized spacial score (nSPS) is 8.80. The van der Waals surface area contributed by atoms with Crippen LogP contribution in [0.2, 0.25) is 5.02 Å². The summed E-state index contributed by atoms with van der Waals surface area (Å²) in [7, 11) is 0. The predicted molar refractivity (Wildman–Crippen MR) is 39.4 cm³/mol. The van der Waals surface area contributed by atoms with Gasteiger partial charge in [-0.15, -0.1) is 11.3 Å². The zero-order valence-electron chi connectivity index (χ0n) is 4.80. The van der Waals surface area contributed by atoms with E-state index in [4.69, 9.17) is 16.9 Å². The number of rotatable bonds is 1. The first kappa shape index (κ1) is 7.26. The molecule has 0 aliphatic carbocycles. The third-order valence-electron chi connectivity index (χ3n) is 0.930. The van der Waals surface area contributed by atoms with Crippen molar-refractivity contribution in [3.8, 4) is 6.07 Å². The molecule has 4 heteroatoms. The quantitative estimate of drug-likeness (QED) is 0.607. The molecule has 0 radical (unpaired) electrons. The van der Waals surface area contributed by atoms with Gasteiger partial charge in [-0.3, -0.25) is 4.79 Å². The minimum absolute atomic E-state index is 0.358. The van der Waals surface area contributed by atoms with Gasteiger partial charge in [0.1, 0.15) is 10.9 Å². The topological polar surface area (TPSA) is 40.9 Å². The summed E-state index contributed by atoms with van der Waals surface area (Å²) in [5.74, 6) is 0. The monoisotopic (exact) mass is 171 g/mol. The van der Waals surface area contributed by atoms with Gasteiger partial charge in [0.15, 0.2) is 6.29 Å². The Hall–Kier alpha value is -0.850. The number of carbonyl (C=O) groups is 1. The Kier molecular flexibility index (Phi) is 2.05. The molecular weight excluding hydrogens is 170 g/mol. The smallest absolute Gasteiger partial charge is 0.161 e. The molecule has 0 bridgehead atoms. The van der Waals surface area contributed by atoms with Gasteiger partial charge in [0.2, 0.25) is 0 Å². The molecule has 0 aliphatic heterocycles. The molecule has 1 aromatic rings. The molecule has 0 spiro atoms. The van der Waals surface area contributed by atoms with Crippen molar-refractivity contribution >= 4 is 29.2 Å². The average Bonchev–Trinajstić information content (AvgIpc) is 2.30. The molecule has 0 amide bonds. The lowest BCUT2D eigenvalue weighted by Gasteiger charge is -1.75. The molecule has 2 nitrogen and oxygen atoms in total. The molecule has 0 saturated heterocycles. The molecular formula is C6H2ClNOS. The third-order valence-corrected chi connectivity index (χ3v) is 2.32. The number of aldehydes is 1. The Labute approximate surface area is 66.7 Å². The molecule has 1 rings (SSSR count). The molecule has 0 saturated carbocycles. The predicted octanol–water partition coefficient (Wildman–Crippen LogP) is 2.09. The van der Waals surface area contributed by atoms with Crippen molar-refractivity contribution in [3.05, 3.63) is 20.8 Å². The second kappa shape index (κ2) is 2.82. The van der Waals surface area contributed by atoms with Gasteiger partial charge in [0, 0.05) is 0 Å². The third kappa shape index (κ3) is 1.18. The molecule has 50 valence electrons. The van der Waals surface area contributed by atoms with Gasteiger partial charge in [-0.25, -0.2) is 0 Å². The van der Waals surface area contributed by atoms with E-state index in [2.05, 4.69) is 0 Å². The van der Waals surface area contributed by atoms with Crippen LogP contribution in [0.15, 0.2) is 6.07 Å². The zero-order valence-corrected chi connectivity index (χ0v) is 6.37. The Morgan fingerprint density at radius 3 is 2.80 bits per heavy atom. The first-order valence-corrected chi connectivity index (χ1v) is 3.62. The van der Waals surface area contributed by atoms with Crippen molar-refractivity contribution in [3.63, 3.8) is 0 Å². The van der Waals surface area contributed by atoms with Crippen molar-refractivity contribution < 1.29 is 4.79 Å². The number of thiophene rings is 1. The van der Waals surface area contributed by atoms with Crippen molar-refractivity contribution in [1.29, 1.82) is 5.26 Å². The van der Waals surface area contributed by atoms with Crippen molar-refractivity contribution in [2.45, 2.75) is 0 Å². The highest BCUT2D eigenvalue weighted by Gasteiger charge is 2.04. The van der Waals surface area contributed by atoms with Gasteiger partial charge in [-0.05, 0) is 6.07 Å². The number of carbonyl (C=O) groups excluding carboxylic acids is 1. The lowest BCUT2D eigenvalue weighted by molar-refractivity contribution is 0.112. The lowest BCUT2D eigenvalue weighted by Crippen LogP contribution is -1.66. The van der Waals surface area contributed by atoms with Crippen molar-refractivity contribution in [2.24, 2.45) is 0 Å². The fourth-order valence-electron chi connectivity index (χ4n) is 0.518. The Morgan fingerprint density at radius 1 is 1.80 bits per heavy atom. The highest BCUT2D eigenvalue weighted by molar-refractivity contribution is 7.14. The van der Waals surface area contributed by atoms with Gasteiger partial charge in [0.05, 0.1) is 9.90 Å². The van der Waals surface area contributed by atoms with Crippen LogP contribution in [0, 0.1) is 11.3 Å². The zero-order chi connectivity index (χ0) is 7.56. The maximum Gasteiger partial charge on any atom is 0.161 e. The summed E-state index contributed by atoms with van der Waals surface area (Å²) in [6, 6.07) is 3.38. The fourth-order valence-corrected chi connectivity index (χ4v) is 1.52. The van der Waals surface area contributed by atoms with Crippen LogP contribution in [-0.2, 0) is 0 Å². The van der Waals surface area contributed by atoms with Crippen molar-refractivity contribution in [1.82, 2.24) is 0 Å². The van der Waals surface area contributed by atoms with Gasteiger partial charge >= 0.3 is 0 Å². The number of hydrogen-bond donors (Lipinski definition) is 0. The van der Waals surface area contributed by atoms with Crippen LogP contribution in [0.5, 0.6) is 0 Å². The standard InChI is InChI=1S/C6H2ClNOS/c7-5-1-4(2-8)10-6(5)3-9/h1,3H. The van der Waals surface area contributed by atoms with Crippen LogP contribution in [-0.4, -0.2) is 6.29 Å². The maximum atomic E-state index is 10.2. The maximum absolute atomic E-state index is 10.2. The van der Waals surface area contributed by atoms with Crippen LogP contribution >= 0.6 is 22.9 Å². The van der Waals surface area contributed by atoms with Crippen LogP contribution in [0.3, 0.4) is 0 Å². The summed E-state index contributed by atoms with van der Waals surface area (Å²) in [6.45, 7) is 0. The number of halogens is 1. The van der Waals surface area contributed by atoms with Gasteiger partial charge in [0.25, 0.3) is 0 Å². The minimum Gasteiger partial charge on any atom is -0.297 e. The van der Waals surface area contributed by atoms with Crippen molar-refractivity contribution in [2.75, 3.05) is 0 Å². The summed E-state index contributed by atoms with van der Waals surface area (Å²) in [4.78, 5) is 11.1. The van der Waals surface area contributed by atoms with E-state index in [0.29, 0.717) is 21.1 Å². The molecule has 0 aliphatic rings. The molecule has 10 heavy (non-hydrogen) atoms. The molecule has 0 N–H and O–H groups in total. The Balaban J connectivity index is 3.19. The second-order valence-corrected chi connectivity index (χ2v) is 3.04. The molecule has 1 heterocycles. The SMILES string of the molecule is N#Cc1cc(Cl)c(C=O)s1. The number of nitrogens with zero attached hydrogens (tertiary/aromatic N) is 1. The van der Waals surface area contributed by atoms with E-state index in [1.165, 1.54) is 6.07 Å². The largest absolute Gasteiger partial charge is 0.297 e. The lowest BCUT2D eigenvalue weighted by atomic mass is 10.4. The highest BCUT2D eigenvalue weighted by Crippen LogP contribution is 2.24. The van der Waals surface area contributed by atoms with Crippen LogP contribution < -0.4 is 0 Å². The van der Waals surface area contributed by atoms with Crippen LogP contribution in [0.25, 0.3) is 0 Å². The van der Waals surface area contributed by atoms with E-state index < -0.39 is 0 Å². The molecule has 0 aromatic carbocycles. The van der Waals surface area contributed by atoms with Gasteiger partial charge < -0.3 is 0 Å². The Morgan fingerprint density at radius 2 is 2.50 bits per heavy atom. The summed E-state index contributed by atoms with van der Waals surface area (Å²) in [5, 5.41) is 8.71. The molecule has 0 unspecified atom stereocenters. The van der Waals surface area contributed by atoms with Crippen LogP contribution in [0.4, 0.5) is 0 Å². The second-order valence-electron chi connectivity index (χ2n) is 1.55. The van der Waals surface area contributed by atoms with Gasteiger partial charge in [-0.1, -0.05) is 11.6 Å². The first-order chi connectivity index (χ1) is 4.77. The average molecular weight is 172 g/mol. The van der Waals surface area contributed by atoms with Gasteiger partial charge in [-0.2, -0.15) is 5.26 Å². The van der Waals surface area contributed by atoms with E-state index in [-0.39, 0.29) is 0 Å². The summed E-state index contributed by atoms with van der Waals surface area (Å²) in [5.41, 5.74) is 0. The summed E-state index contributed by atoms with van der Waals surface area (Å²) < 4.78 is 0. The van der Waals surface area contributed by atoms with E-state index in [1.807, 2.05) is 6.07 Å². The highest BCUT2D eigenvalue weighted by atomic mass is 35.5. The number of nitriles is 1. The van der Waals surface area contributed by atoms with E-state index >= 15 is 0 Å². The van der Waals surface area contributed by atoms with E-state index in [0.717, 1.165) is 11.3 Å². The fraction of sp³-hybridized carbons (Fsp3) is 0. The van der Waals surface area contributed by atoms with E-state index in [1.54, 1.807) is 0 Å².